The SMILES string of the molecule is OCC[C@H](O)[C@@H]1CO1. The van der Waals surface area contributed by atoms with Gasteiger partial charge in [0, 0.05) is 6.61 Å². The molecule has 0 aliphatic carbocycles. The van der Waals surface area contributed by atoms with Gasteiger partial charge in [0.25, 0.3) is 0 Å². The zero-order chi connectivity index (χ0) is 5.98. The second-order valence-electron chi connectivity index (χ2n) is 1.95. The van der Waals surface area contributed by atoms with Gasteiger partial charge in [0.15, 0.2) is 0 Å². The standard InChI is InChI=1S/C5H10O3/c6-2-1-4(7)5-3-8-5/h4-7H,1-3H2/t4-,5-/m0/s1. The van der Waals surface area contributed by atoms with Crippen molar-refractivity contribution in [1.82, 2.24) is 0 Å². The number of hydrogen-bond acceptors (Lipinski definition) is 3. The molecule has 0 aromatic heterocycles. The minimum atomic E-state index is -0.444. The van der Waals surface area contributed by atoms with Crippen molar-refractivity contribution in [2.24, 2.45) is 0 Å². The Labute approximate surface area is 47.9 Å². The summed E-state index contributed by atoms with van der Waals surface area (Å²) in [4.78, 5) is 0. The Bertz CT molecular complexity index is 70.1. The van der Waals surface area contributed by atoms with E-state index in [0.29, 0.717) is 13.0 Å². The van der Waals surface area contributed by atoms with E-state index in [2.05, 4.69) is 0 Å². The molecule has 3 nitrogen and oxygen atoms in total. The Morgan fingerprint density at radius 1 is 1.75 bits per heavy atom. The quantitative estimate of drug-likeness (QED) is 0.473. The van der Waals surface area contributed by atoms with Gasteiger partial charge in [-0.2, -0.15) is 0 Å². The summed E-state index contributed by atoms with van der Waals surface area (Å²) >= 11 is 0. The zero-order valence-corrected chi connectivity index (χ0v) is 4.58. The van der Waals surface area contributed by atoms with Crippen LogP contribution in [0.1, 0.15) is 6.42 Å². The van der Waals surface area contributed by atoms with Crippen molar-refractivity contribution in [2.75, 3.05) is 13.2 Å². The maximum atomic E-state index is 8.90. The van der Waals surface area contributed by atoms with Gasteiger partial charge >= 0.3 is 0 Å². The summed E-state index contributed by atoms with van der Waals surface area (Å²) in [5.41, 5.74) is 0. The van der Waals surface area contributed by atoms with E-state index in [1.165, 1.54) is 0 Å². The van der Waals surface area contributed by atoms with Gasteiger partial charge in [-0.15, -0.1) is 0 Å². The first-order valence-corrected chi connectivity index (χ1v) is 2.75. The summed E-state index contributed by atoms with van der Waals surface area (Å²) < 4.78 is 4.76. The van der Waals surface area contributed by atoms with Crippen molar-refractivity contribution < 1.29 is 14.9 Å². The first kappa shape index (κ1) is 6.01. The van der Waals surface area contributed by atoms with Crippen LogP contribution in [0.5, 0.6) is 0 Å². The Morgan fingerprint density at radius 2 is 2.38 bits per heavy atom. The van der Waals surface area contributed by atoms with E-state index in [4.69, 9.17) is 14.9 Å². The molecule has 1 fully saturated rings. The van der Waals surface area contributed by atoms with E-state index < -0.39 is 6.10 Å². The molecule has 1 aliphatic heterocycles. The van der Waals surface area contributed by atoms with Gasteiger partial charge < -0.3 is 14.9 Å². The molecular weight excluding hydrogens is 108 g/mol. The zero-order valence-electron chi connectivity index (χ0n) is 4.58. The minimum Gasteiger partial charge on any atom is -0.396 e. The average molecular weight is 118 g/mol. The van der Waals surface area contributed by atoms with Crippen LogP contribution in [0.15, 0.2) is 0 Å². The van der Waals surface area contributed by atoms with E-state index in [9.17, 15) is 0 Å². The van der Waals surface area contributed by atoms with Gasteiger partial charge in [-0.25, -0.2) is 0 Å². The van der Waals surface area contributed by atoms with Crippen LogP contribution in [0, 0.1) is 0 Å². The number of ether oxygens (including phenoxy) is 1. The van der Waals surface area contributed by atoms with Crippen LogP contribution in [0.3, 0.4) is 0 Å². The lowest BCUT2D eigenvalue weighted by Gasteiger charge is -2.01. The molecule has 1 saturated heterocycles. The fourth-order valence-corrected chi connectivity index (χ4v) is 0.596. The van der Waals surface area contributed by atoms with E-state index >= 15 is 0 Å². The van der Waals surface area contributed by atoms with Crippen molar-refractivity contribution >= 4 is 0 Å². The van der Waals surface area contributed by atoms with Gasteiger partial charge in [0.05, 0.1) is 12.7 Å². The molecule has 0 unspecified atom stereocenters. The Balaban J connectivity index is 2.03. The van der Waals surface area contributed by atoms with Gasteiger partial charge in [0.2, 0.25) is 0 Å². The third kappa shape index (κ3) is 1.43. The first-order valence-electron chi connectivity index (χ1n) is 2.75. The van der Waals surface area contributed by atoms with Crippen molar-refractivity contribution in [3.63, 3.8) is 0 Å². The molecule has 0 bridgehead atoms. The van der Waals surface area contributed by atoms with Gasteiger partial charge in [-0.05, 0) is 6.42 Å². The van der Waals surface area contributed by atoms with Crippen molar-refractivity contribution in [3.05, 3.63) is 0 Å². The maximum absolute atomic E-state index is 8.90. The average Bonchev–Trinajstić information content (AvgIpc) is 2.45. The number of aliphatic hydroxyl groups is 2. The molecule has 1 aliphatic rings. The molecule has 0 spiro atoms. The highest BCUT2D eigenvalue weighted by Crippen LogP contribution is 2.15. The molecule has 2 N–H and O–H groups in total. The predicted octanol–water partition coefficient (Wildman–Crippen LogP) is -0.872. The van der Waals surface area contributed by atoms with Crippen LogP contribution in [0.4, 0.5) is 0 Å². The number of epoxide rings is 1. The van der Waals surface area contributed by atoms with Crippen LogP contribution in [-0.4, -0.2) is 35.6 Å². The predicted molar refractivity (Wildman–Crippen MR) is 27.4 cm³/mol. The molecule has 0 amide bonds. The van der Waals surface area contributed by atoms with Crippen molar-refractivity contribution in [2.45, 2.75) is 18.6 Å². The Morgan fingerprint density at radius 3 is 2.75 bits per heavy atom. The third-order valence-corrected chi connectivity index (χ3v) is 1.21. The molecule has 0 saturated carbocycles. The first-order chi connectivity index (χ1) is 3.84. The lowest BCUT2D eigenvalue weighted by molar-refractivity contribution is 0.103. The summed E-state index contributed by atoms with van der Waals surface area (Å²) in [5.74, 6) is 0. The summed E-state index contributed by atoms with van der Waals surface area (Å²) in [6, 6.07) is 0. The van der Waals surface area contributed by atoms with E-state index in [-0.39, 0.29) is 12.7 Å². The smallest absolute Gasteiger partial charge is 0.107 e. The van der Waals surface area contributed by atoms with Gasteiger partial charge in [-0.3, -0.25) is 0 Å². The summed E-state index contributed by atoms with van der Waals surface area (Å²) in [7, 11) is 0. The number of hydrogen-bond donors (Lipinski definition) is 2. The number of rotatable bonds is 3. The fourth-order valence-electron chi connectivity index (χ4n) is 0.596. The van der Waals surface area contributed by atoms with E-state index in [1.54, 1.807) is 0 Å². The van der Waals surface area contributed by atoms with Crippen LogP contribution < -0.4 is 0 Å². The lowest BCUT2D eigenvalue weighted by atomic mass is 10.2. The van der Waals surface area contributed by atoms with E-state index in [0.717, 1.165) is 0 Å². The van der Waals surface area contributed by atoms with Gasteiger partial charge in [0.1, 0.15) is 6.10 Å². The van der Waals surface area contributed by atoms with Crippen LogP contribution in [0.2, 0.25) is 0 Å². The maximum Gasteiger partial charge on any atom is 0.107 e. The van der Waals surface area contributed by atoms with Crippen LogP contribution >= 0.6 is 0 Å². The van der Waals surface area contributed by atoms with Crippen molar-refractivity contribution in [3.8, 4) is 0 Å². The molecule has 1 heterocycles. The normalized spacial score (nSPS) is 30.0. The highest BCUT2D eigenvalue weighted by molar-refractivity contribution is 4.77. The summed E-state index contributed by atoms with van der Waals surface area (Å²) in [6.07, 6.45) is 0.00662. The Kier molecular flexibility index (Phi) is 1.83. The summed E-state index contributed by atoms with van der Waals surface area (Å²) in [5, 5.41) is 17.2. The fraction of sp³-hybridized carbons (Fsp3) is 1.00. The summed E-state index contributed by atoms with van der Waals surface area (Å²) in [6.45, 7) is 0.697. The Hall–Kier alpha value is -0.120. The minimum absolute atomic E-state index is 0.0159. The van der Waals surface area contributed by atoms with Crippen molar-refractivity contribution in [1.29, 1.82) is 0 Å². The molecule has 1 rings (SSSR count). The number of aliphatic hydroxyl groups excluding tert-OH is 2. The lowest BCUT2D eigenvalue weighted by Crippen LogP contribution is -2.15. The largest absolute Gasteiger partial charge is 0.396 e. The second kappa shape index (κ2) is 2.44. The molecule has 3 heteroatoms. The molecule has 0 aromatic rings. The topological polar surface area (TPSA) is 53.0 Å². The van der Waals surface area contributed by atoms with Crippen LogP contribution in [-0.2, 0) is 4.74 Å². The molecule has 0 aromatic carbocycles. The third-order valence-electron chi connectivity index (χ3n) is 1.21. The molecule has 48 valence electrons. The highest BCUT2D eigenvalue weighted by atomic mass is 16.6. The van der Waals surface area contributed by atoms with Gasteiger partial charge in [-0.1, -0.05) is 0 Å². The van der Waals surface area contributed by atoms with E-state index in [1.807, 2.05) is 0 Å². The highest BCUT2D eigenvalue weighted by Gasteiger charge is 2.30. The molecule has 2 atom stereocenters. The molecule has 0 radical (unpaired) electrons. The molecular formula is C5H10O3. The monoisotopic (exact) mass is 118 g/mol. The molecule has 8 heavy (non-hydrogen) atoms. The second-order valence-corrected chi connectivity index (χ2v) is 1.95. The van der Waals surface area contributed by atoms with Crippen LogP contribution in [0.25, 0.3) is 0 Å².